The van der Waals surface area contributed by atoms with Crippen molar-refractivity contribution in [1.29, 1.82) is 0 Å². The molecule has 1 aromatic rings. The van der Waals surface area contributed by atoms with Crippen LogP contribution in [0, 0.1) is 10.1 Å². The van der Waals surface area contributed by atoms with Crippen LogP contribution in [0.1, 0.15) is 0 Å². The number of rotatable bonds is 3. The molecule has 13 heavy (non-hydrogen) atoms. The summed E-state index contributed by atoms with van der Waals surface area (Å²) in [7, 11) is 0. The van der Waals surface area contributed by atoms with Crippen LogP contribution in [0.25, 0.3) is 0 Å². The van der Waals surface area contributed by atoms with E-state index in [-0.39, 0.29) is 11.4 Å². The Morgan fingerprint density at radius 2 is 2.00 bits per heavy atom. The number of nitro benzene ring substituents is 1. The van der Waals surface area contributed by atoms with Gasteiger partial charge in [-0.3, -0.25) is 20.1 Å². The minimum absolute atomic E-state index is 0.0811. The Kier molecular flexibility index (Phi) is 2.49. The predicted molar refractivity (Wildman–Crippen MR) is 51.5 cm³/mol. The minimum Gasteiger partial charge on any atom is -0.265 e. The third-order valence-corrected chi connectivity index (χ3v) is 1.51. The number of aliphatic imine (C=N–C) groups is 2. The van der Waals surface area contributed by atoms with Gasteiger partial charge in [-0.15, -0.1) is 0 Å². The summed E-state index contributed by atoms with van der Waals surface area (Å²) >= 11 is 0. The van der Waals surface area contributed by atoms with Gasteiger partial charge in [0.25, 0.3) is 5.69 Å². The maximum absolute atomic E-state index is 10.5. The van der Waals surface area contributed by atoms with Gasteiger partial charge in [0.05, 0.1) is 10.6 Å². The van der Waals surface area contributed by atoms with Crippen LogP contribution in [0.2, 0.25) is 0 Å². The molecule has 0 bridgehead atoms. The van der Waals surface area contributed by atoms with Crippen LogP contribution in [0.3, 0.4) is 0 Å². The summed E-state index contributed by atoms with van der Waals surface area (Å²) in [6.07, 6.45) is 0. The molecule has 0 spiro atoms. The van der Waals surface area contributed by atoms with E-state index in [1.165, 1.54) is 18.2 Å². The zero-order valence-corrected chi connectivity index (χ0v) is 6.80. The van der Waals surface area contributed by atoms with E-state index in [4.69, 9.17) is 0 Å². The van der Waals surface area contributed by atoms with E-state index in [0.717, 1.165) is 0 Å². The SMILES string of the molecule is C=Nc1ccc([N+](=O)[O-])c(N=C)c1. The highest BCUT2D eigenvalue weighted by molar-refractivity contribution is 5.66. The van der Waals surface area contributed by atoms with Crippen molar-refractivity contribution in [3.63, 3.8) is 0 Å². The molecule has 0 fully saturated rings. The highest BCUT2D eigenvalue weighted by Crippen LogP contribution is 2.30. The molecule has 0 aromatic heterocycles. The number of hydrogen-bond donors (Lipinski definition) is 0. The lowest BCUT2D eigenvalue weighted by Crippen LogP contribution is -1.87. The lowest BCUT2D eigenvalue weighted by atomic mass is 10.2. The van der Waals surface area contributed by atoms with Gasteiger partial charge in [0, 0.05) is 6.07 Å². The van der Waals surface area contributed by atoms with Gasteiger partial charge in [-0.05, 0) is 25.6 Å². The van der Waals surface area contributed by atoms with Gasteiger partial charge in [-0.2, -0.15) is 0 Å². The fraction of sp³-hybridized carbons (Fsp3) is 0. The minimum atomic E-state index is -0.517. The first-order valence-corrected chi connectivity index (χ1v) is 3.41. The molecule has 0 aliphatic carbocycles. The quantitative estimate of drug-likeness (QED) is 0.403. The molecule has 1 aromatic carbocycles. The first-order valence-electron chi connectivity index (χ1n) is 3.41. The summed E-state index contributed by atoms with van der Waals surface area (Å²) in [5.74, 6) is 0. The molecule has 0 aliphatic rings. The Bertz CT molecular complexity index is 374. The van der Waals surface area contributed by atoms with Crippen LogP contribution in [0.5, 0.6) is 0 Å². The highest BCUT2D eigenvalue weighted by Gasteiger charge is 2.11. The zero-order valence-electron chi connectivity index (χ0n) is 6.80. The second-order valence-corrected chi connectivity index (χ2v) is 2.25. The van der Waals surface area contributed by atoms with Crippen molar-refractivity contribution in [3.05, 3.63) is 28.3 Å². The molecule has 0 unspecified atom stereocenters. The van der Waals surface area contributed by atoms with Gasteiger partial charge in [0.15, 0.2) is 0 Å². The molecule has 0 aliphatic heterocycles. The Hall–Kier alpha value is -2.04. The van der Waals surface area contributed by atoms with Gasteiger partial charge in [-0.1, -0.05) is 0 Å². The Balaban J connectivity index is 3.31. The summed E-state index contributed by atoms with van der Waals surface area (Å²) in [5, 5.41) is 10.5. The average Bonchev–Trinajstić information content (AvgIpc) is 2.16. The first-order chi connectivity index (χ1) is 6.19. The van der Waals surface area contributed by atoms with Gasteiger partial charge in [-0.25, -0.2) is 0 Å². The molecule has 0 atom stereocenters. The Morgan fingerprint density at radius 3 is 2.46 bits per heavy atom. The lowest BCUT2D eigenvalue weighted by Gasteiger charge is -1.97. The molecule has 0 radical (unpaired) electrons. The smallest absolute Gasteiger partial charge is 0.265 e. The third-order valence-electron chi connectivity index (χ3n) is 1.51. The lowest BCUT2D eigenvalue weighted by molar-refractivity contribution is -0.384. The van der Waals surface area contributed by atoms with E-state index in [0.29, 0.717) is 5.69 Å². The van der Waals surface area contributed by atoms with Crippen molar-refractivity contribution in [2.24, 2.45) is 9.98 Å². The van der Waals surface area contributed by atoms with Crippen molar-refractivity contribution in [2.45, 2.75) is 0 Å². The largest absolute Gasteiger partial charge is 0.294 e. The Morgan fingerprint density at radius 1 is 1.31 bits per heavy atom. The van der Waals surface area contributed by atoms with Crippen molar-refractivity contribution >= 4 is 30.5 Å². The molecule has 0 heterocycles. The number of nitrogens with zero attached hydrogens (tertiary/aromatic N) is 3. The maximum Gasteiger partial charge on any atom is 0.294 e. The molecular weight excluding hydrogens is 170 g/mol. The molecule has 0 saturated carbocycles. The van der Waals surface area contributed by atoms with Crippen molar-refractivity contribution in [1.82, 2.24) is 0 Å². The molecular formula is C8H7N3O2. The van der Waals surface area contributed by atoms with Crippen LogP contribution >= 0.6 is 0 Å². The molecule has 1 rings (SSSR count). The zero-order chi connectivity index (χ0) is 9.84. The van der Waals surface area contributed by atoms with E-state index >= 15 is 0 Å². The van der Waals surface area contributed by atoms with E-state index in [1.807, 2.05) is 0 Å². The number of benzene rings is 1. The standard InChI is InChI=1S/C8H7N3O2/c1-9-6-3-4-8(11(12)13)7(5-6)10-2/h3-5H,1-2H2. The van der Waals surface area contributed by atoms with Crippen LogP contribution in [0.15, 0.2) is 28.2 Å². The van der Waals surface area contributed by atoms with Gasteiger partial charge in [0.1, 0.15) is 5.69 Å². The normalized spacial score (nSPS) is 9.23. The molecule has 0 saturated heterocycles. The summed E-state index contributed by atoms with van der Waals surface area (Å²) in [6.45, 7) is 6.53. The highest BCUT2D eigenvalue weighted by atomic mass is 16.6. The number of nitro groups is 1. The van der Waals surface area contributed by atoms with E-state index in [1.54, 1.807) is 0 Å². The average molecular weight is 177 g/mol. The molecule has 5 nitrogen and oxygen atoms in total. The maximum atomic E-state index is 10.5. The molecule has 66 valence electrons. The van der Waals surface area contributed by atoms with Crippen LogP contribution < -0.4 is 0 Å². The topological polar surface area (TPSA) is 67.9 Å². The third kappa shape index (κ3) is 1.76. The molecule has 5 heteroatoms. The van der Waals surface area contributed by atoms with Gasteiger partial charge >= 0.3 is 0 Å². The fourth-order valence-electron chi connectivity index (χ4n) is 0.891. The fourth-order valence-corrected chi connectivity index (χ4v) is 0.891. The van der Waals surface area contributed by atoms with Crippen LogP contribution in [0.4, 0.5) is 17.1 Å². The van der Waals surface area contributed by atoms with Crippen molar-refractivity contribution in [2.75, 3.05) is 0 Å². The van der Waals surface area contributed by atoms with Crippen LogP contribution in [-0.2, 0) is 0 Å². The van der Waals surface area contributed by atoms with Gasteiger partial charge < -0.3 is 0 Å². The predicted octanol–water partition coefficient (Wildman–Crippen LogP) is 2.26. The second-order valence-electron chi connectivity index (χ2n) is 2.25. The van der Waals surface area contributed by atoms with Crippen LogP contribution in [-0.4, -0.2) is 18.4 Å². The van der Waals surface area contributed by atoms with E-state index < -0.39 is 4.92 Å². The number of hydrogen-bond acceptors (Lipinski definition) is 4. The second kappa shape index (κ2) is 3.57. The molecule has 0 N–H and O–H groups in total. The van der Waals surface area contributed by atoms with Crippen molar-refractivity contribution < 1.29 is 4.92 Å². The summed E-state index contributed by atoms with van der Waals surface area (Å²) in [5.41, 5.74) is 0.658. The monoisotopic (exact) mass is 177 g/mol. The van der Waals surface area contributed by atoms with E-state index in [2.05, 4.69) is 23.4 Å². The van der Waals surface area contributed by atoms with Gasteiger partial charge in [0.2, 0.25) is 0 Å². The van der Waals surface area contributed by atoms with Crippen molar-refractivity contribution in [3.8, 4) is 0 Å². The first kappa shape index (κ1) is 9.05. The summed E-state index contributed by atoms with van der Waals surface area (Å²) < 4.78 is 0. The summed E-state index contributed by atoms with van der Waals surface area (Å²) in [6, 6.07) is 4.28. The Labute approximate surface area is 74.6 Å². The summed E-state index contributed by atoms with van der Waals surface area (Å²) in [4.78, 5) is 17.1. The van der Waals surface area contributed by atoms with E-state index in [9.17, 15) is 10.1 Å². The molecule has 0 amide bonds.